The number of methoxy groups -OCH3 is 1. The Bertz CT molecular complexity index is 1240. The van der Waals surface area contributed by atoms with E-state index < -0.39 is 17.7 Å². The van der Waals surface area contributed by atoms with Crippen molar-refractivity contribution in [3.8, 4) is 5.75 Å². The van der Waals surface area contributed by atoms with Gasteiger partial charge < -0.3 is 14.7 Å². The summed E-state index contributed by atoms with van der Waals surface area (Å²) in [7, 11) is 1.51. The van der Waals surface area contributed by atoms with Crippen molar-refractivity contribution in [2.45, 2.75) is 12.5 Å². The van der Waals surface area contributed by atoms with Gasteiger partial charge in [0.15, 0.2) is 0 Å². The van der Waals surface area contributed by atoms with Gasteiger partial charge in [-0.1, -0.05) is 71.7 Å². The van der Waals surface area contributed by atoms with Crippen molar-refractivity contribution in [2.75, 3.05) is 13.7 Å². The number of ketones is 1. The van der Waals surface area contributed by atoms with Gasteiger partial charge in [-0.3, -0.25) is 9.59 Å². The van der Waals surface area contributed by atoms with Crippen LogP contribution in [0.25, 0.3) is 5.76 Å². The molecular formula is C26H21Cl2NO4. The predicted molar refractivity (Wildman–Crippen MR) is 129 cm³/mol. The maximum absolute atomic E-state index is 13.1. The van der Waals surface area contributed by atoms with Gasteiger partial charge in [-0.2, -0.15) is 0 Å². The standard InChI is InChI=1S/C26H21Cl2NO4/c1-33-19-9-5-8-18(14-19)24(30)22-23(17-10-11-20(27)21(28)15-17)29(26(32)25(22)31)13-12-16-6-3-2-4-7-16/h2-11,14-15,23,30H,12-13H2,1H3/b24-22+. The highest BCUT2D eigenvalue weighted by molar-refractivity contribution is 6.46. The Morgan fingerprint density at radius 3 is 2.42 bits per heavy atom. The van der Waals surface area contributed by atoms with Crippen LogP contribution >= 0.6 is 23.2 Å². The molecule has 1 fully saturated rings. The molecular weight excluding hydrogens is 461 g/mol. The first-order valence-corrected chi connectivity index (χ1v) is 11.1. The number of rotatable bonds is 6. The third kappa shape index (κ3) is 4.61. The zero-order valence-corrected chi connectivity index (χ0v) is 19.3. The van der Waals surface area contributed by atoms with Crippen LogP contribution in [0.4, 0.5) is 0 Å². The van der Waals surface area contributed by atoms with Crippen molar-refractivity contribution < 1.29 is 19.4 Å². The second-order valence-corrected chi connectivity index (χ2v) is 8.45. The van der Waals surface area contributed by atoms with Gasteiger partial charge in [0.25, 0.3) is 11.7 Å². The molecule has 1 aliphatic heterocycles. The summed E-state index contributed by atoms with van der Waals surface area (Å²) in [5.41, 5.74) is 1.99. The number of ether oxygens (including phenoxy) is 1. The van der Waals surface area contributed by atoms with Crippen LogP contribution in [-0.2, 0) is 16.0 Å². The number of halogens is 2. The molecule has 33 heavy (non-hydrogen) atoms. The van der Waals surface area contributed by atoms with E-state index in [0.717, 1.165) is 5.56 Å². The monoisotopic (exact) mass is 481 g/mol. The zero-order chi connectivity index (χ0) is 23.5. The number of aliphatic hydroxyl groups is 1. The van der Waals surface area contributed by atoms with Crippen molar-refractivity contribution >= 4 is 40.7 Å². The summed E-state index contributed by atoms with van der Waals surface area (Å²) in [4.78, 5) is 27.7. The minimum atomic E-state index is -0.810. The van der Waals surface area contributed by atoms with E-state index in [2.05, 4.69) is 0 Å². The molecule has 1 amide bonds. The molecule has 0 bridgehead atoms. The summed E-state index contributed by atoms with van der Waals surface area (Å²) in [6.07, 6.45) is 0.547. The quantitative estimate of drug-likeness (QED) is 0.280. The molecule has 1 saturated heterocycles. The number of aliphatic hydroxyl groups excluding tert-OH is 1. The number of likely N-dealkylation sites (tertiary alicyclic amines) is 1. The summed E-state index contributed by atoms with van der Waals surface area (Å²) in [5, 5.41) is 11.8. The Morgan fingerprint density at radius 1 is 0.970 bits per heavy atom. The van der Waals surface area contributed by atoms with E-state index in [4.69, 9.17) is 27.9 Å². The van der Waals surface area contributed by atoms with Crippen molar-refractivity contribution in [3.63, 3.8) is 0 Å². The number of benzene rings is 3. The van der Waals surface area contributed by atoms with E-state index in [1.54, 1.807) is 42.5 Å². The van der Waals surface area contributed by atoms with E-state index in [1.165, 1.54) is 12.0 Å². The smallest absolute Gasteiger partial charge is 0.295 e. The van der Waals surface area contributed by atoms with Crippen LogP contribution in [-0.4, -0.2) is 35.4 Å². The number of amides is 1. The van der Waals surface area contributed by atoms with Crippen LogP contribution in [0, 0.1) is 0 Å². The van der Waals surface area contributed by atoms with Gasteiger partial charge in [0.2, 0.25) is 0 Å². The summed E-state index contributed by atoms with van der Waals surface area (Å²) in [5.74, 6) is -1.18. The molecule has 0 aromatic heterocycles. The number of hydrogen-bond donors (Lipinski definition) is 1. The van der Waals surface area contributed by atoms with Crippen LogP contribution < -0.4 is 4.74 Å². The van der Waals surface area contributed by atoms with Crippen molar-refractivity contribution in [1.29, 1.82) is 0 Å². The molecule has 0 radical (unpaired) electrons. The Morgan fingerprint density at radius 2 is 1.73 bits per heavy atom. The molecule has 5 nitrogen and oxygen atoms in total. The first-order valence-electron chi connectivity index (χ1n) is 10.3. The molecule has 0 saturated carbocycles. The van der Waals surface area contributed by atoms with Crippen molar-refractivity contribution in [2.24, 2.45) is 0 Å². The van der Waals surface area contributed by atoms with E-state index in [9.17, 15) is 14.7 Å². The molecule has 168 valence electrons. The average molecular weight is 482 g/mol. The normalized spacial score (nSPS) is 17.4. The number of carbonyl (C=O) groups excluding carboxylic acids is 2. The highest BCUT2D eigenvalue weighted by atomic mass is 35.5. The number of carbonyl (C=O) groups is 2. The fourth-order valence-corrected chi connectivity index (χ4v) is 4.27. The van der Waals surface area contributed by atoms with Gasteiger partial charge >= 0.3 is 0 Å². The largest absolute Gasteiger partial charge is 0.507 e. The average Bonchev–Trinajstić information content (AvgIpc) is 3.09. The highest BCUT2D eigenvalue weighted by Crippen LogP contribution is 2.41. The lowest BCUT2D eigenvalue weighted by molar-refractivity contribution is -0.139. The fraction of sp³-hybridized carbons (Fsp3) is 0.154. The SMILES string of the molecule is COc1cccc(/C(O)=C2\C(=O)C(=O)N(CCc3ccccc3)C2c2ccc(Cl)c(Cl)c2)c1. The molecule has 0 spiro atoms. The molecule has 1 aliphatic rings. The summed E-state index contributed by atoms with van der Waals surface area (Å²) >= 11 is 12.3. The van der Waals surface area contributed by atoms with Gasteiger partial charge in [0.05, 0.1) is 28.8 Å². The van der Waals surface area contributed by atoms with E-state index in [0.29, 0.717) is 33.3 Å². The maximum Gasteiger partial charge on any atom is 0.295 e. The Hall–Kier alpha value is -3.28. The predicted octanol–water partition coefficient (Wildman–Crippen LogP) is 5.67. The minimum absolute atomic E-state index is 0.000274. The third-order valence-electron chi connectivity index (χ3n) is 5.63. The second-order valence-electron chi connectivity index (χ2n) is 7.63. The summed E-state index contributed by atoms with van der Waals surface area (Å²) in [6, 6.07) is 20.5. The molecule has 4 rings (SSSR count). The van der Waals surface area contributed by atoms with Gasteiger partial charge in [0, 0.05) is 12.1 Å². The molecule has 0 aliphatic carbocycles. The van der Waals surface area contributed by atoms with E-state index in [1.807, 2.05) is 30.3 Å². The summed E-state index contributed by atoms with van der Waals surface area (Å²) in [6.45, 7) is 0.286. The molecule has 7 heteroatoms. The van der Waals surface area contributed by atoms with E-state index >= 15 is 0 Å². The lowest BCUT2D eigenvalue weighted by Crippen LogP contribution is -2.31. The Kier molecular flexibility index (Phi) is 6.72. The Balaban J connectivity index is 1.82. The van der Waals surface area contributed by atoms with Gasteiger partial charge in [-0.25, -0.2) is 0 Å². The first-order chi connectivity index (χ1) is 15.9. The van der Waals surface area contributed by atoms with Crippen LogP contribution in [0.2, 0.25) is 10.0 Å². The fourth-order valence-electron chi connectivity index (χ4n) is 3.96. The van der Waals surface area contributed by atoms with Crippen LogP contribution in [0.1, 0.15) is 22.7 Å². The molecule has 3 aromatic rings. The van der Waals surface area contributed by atoms with Gasteiger partial charge in [-0.05, 0) is 41.8 Å². The zero-order valence-electron chi connectivity index (χ0n) is 17.8. The number of hydrogen-bond acceptors (Lipinski definition) is 4. The lowest BCUT2D eigenvalue weighted by Gasteiger charge is -2.25. The highest BCUT2D eigenvalue weighted by Gasteiger charge is 2.46. The number of Topliss-reactive ketones (excluding diaryl/α,β-unsaturated/α-hetero) is 1. The van der Waals surface area contributed by atoms with Crippen LogP contribution in [0.15, 0.2) is 78.4 Å². The number of nitrogens with zero attached hydrogens (tertiary/aromatic N) is 1. The van der Waals surface area contributed by atoms with Crippen molar-refractivity contribution in [1.82, 2.24) is 4.90 Å². The van der Waals surface area contributed by atoms with Gasteiger partial charge in [-0.15, -0.1) is 0 Å². The Labute approximate surface area is 201 Å². The maximum atomic E-state index is 13.1. The van der Waals surface area contributed by atoms with E-state index in [-0.39, 0.29) is 17.9 Å². The topological polar surface area (TPSA) is 66.8 Å². The third-order valence-corrected chi connectivity index (χ3v) is 6.37. The molecule has 3 aromatic carbocycles. The summed E-state index contributed by atoms with van der Waals surface area (Å²) < 4.78 is 5.24. The van der Waals surface area contributed by atoms with Crippen molar-refractivity contribution in [3.05, 3.63) is 105 Å². The van der Waals surface area contributed by atoms with Crippen LogP contribution in [0.5, 0.6) is 5.75 Å². The molecule has 1 heterocycles. The first kappa shape index (κ1) is 22.9. The minimum Gasteiger partial charge on any atom is -0.507 e. The molecule has 1 N–H and O–H groups in total. The molecule has 1 atom stereocenters. The lowest BCUT2D eigenvalue weighted by atomic mass is 9.95. The van der Waals surface area contributed by atoms with Crippen LogP contribution in [0.3, 0.4) is 0 Å². The second kappa shape index (κ2) is 9.69. The molecule has 1 unspecified atom stereocenters. The van der Waals surface area contributed by atoms with Gasteiger partial charge in [0.1, 0.15) is 11.5 Å².